The predicted octanol–water partition coefficient (Wildman–Crippen LogP) is 2.91. The molecular formula is C23H33F3N4O5S3. The topological polar surface area (TPSA) is 101 Å². The third kappa shape index (κ3) is 6.03. The molecule has 0 aliphatic carbocycles. The number of thiophene rings is 1. The van der Waals surface area contributed by atoms with E-state index in [0.717, 1.165) is 15.6 Å². The summed E-state index contributed by atoms with van der Waals surface area (Å²) in [5, 5.41) is 11.7. The number of piperazine rings is 1. The Morgan fingerprint density at radius 2 is 1.68 bits per heavy atom. The number of nitrogens with zero attached hydrogens (tertiary/aromatic N) is 4. The van der Waals surface area contributed by atoms with E-state index in [4.69, 9.17) is 0 Å². The highest BCUT2D eigenvalue weighted by atomic mass is 32.2. The Morgan fingerprint density at radius 3 is 2.16 bits per heavy atom. The molecule has 2 atom stereocenters. The zero-order chi connectivity index (χ0) is 28.7. The molecule has 0 spiro atoms. The minimum absolute atomic E-state index is 0.0333. The lowest BCUT2D eigenvalue weighted by Crippen LogP contribution is -2.60. The number of halogens is 3. The van der Waals surface area contributed by atoms with Crippen molar-refractivity contribution in [1.29, 1.82) is 0 Å². The maximum atomic E-state index is 13.3. The van der Waals surface area contributed by atoms with Crippen molar-refractivity contribution in [2.24, 2.45) is 0 Å². The second-order valence-electron chi connectivity index (χ2n) is 9.71. The Balaban J connectivity index is 2.00. The Morgan fingerprint density at radius 1 is 1.08 bits per heavy atom. The molecule has 1 fully saturated rings. The molecule has 0 radical (unpaired) electrons. The van der Waals surface area contributed by atoms with Gasteiger partial charge in [0.2, 0.25) is 0 Å². The van der Waals surface area contributed by atoms with Crippen LogP contribution in [0.2, 0.25) is 0 Å². The van der Waals surface area contributed by atoms with Crippen LogP contribution in [0.5, 0.6) is 0 Å². The maximum Gasteiger partial charge on any atom is 0.421 e. The molecule has 1 aromatic heterocycles. The van der Waals surface area contributed by atoms with Crippen molar-refractivity contribution in [2.45, 2.75) is 48.8 Å². The van der Waals surface area contributed by atoms with Crippen molar-refractivity contribution < 1.29 is 35.1 Å². The monoisotopic (exact) mass is 598 g/mol. The van der Waals surface area contributed by atoms with Crippen molar-refractivity contribution in [3.05, 3.63) is 47.3 Å². The third-order valence-electron chi connectivity index (χ3n) is 6.57. The van der Waals surface area contributed by atoms with E-state index in [1.54, 1.807) is 30.2 Å². The Bertz CT molecular complexity index is 1300. The number of aliphatic hydroxyl groups is 1. The van der Waals surface area contributed by atoms with Gasteiger partial charge in [0.25, 0.3) is 20.2 Å². The normalized spacial score (nSPS) is 19.9. The van der Waals surface area contributed by atoms with Crippen LogP contribution in [0.4, 0.5) is 18.9 Å². The van der Waals surface area contributed by atoms with Gasteiger partial charge < -0.3 is 10.0 Å². The molecule has 38 heavy (non-hydrogen) atoms. The highest BCUT2D eigenvalue weighted by Gasteiger charge is 2.51. The number of rotatable bonds is 9. The summed E-state index contributed by atoms with van der Waals surface area (Å²) >= 11 is 1.08. The van der Waals surface area contributed by atoms with Crippen molar-refractivity contribution in [2.75, 3.05) is 45.2 Å². The number of anilines is 1. The molecule has 3 rings (SSSR count). The fourth-order valence-electron chi connectivity index (χ4n) is 4.21. The summed E-state index contributed by atoms with van der Waals surface area (Å²) < 4.78 is 96.4. The summed E-state index contributed by atoms with van der Waals surface area (Å²) in [4.78, 5) is 1.80. The molecular weight excluding hydrogens is 565 g/mol. The average molecular weight is 599 g/mol. The van der Waals surface area contributed by atoms with Crippen LogP contribution in [-0.4, -0.2) is 93.4 Å². The minimum atomic E-state index is -4.88. The van der Waals surface area contributed by atoms with Gasteiger partial charge in [-0.1, -0.05) is 18.2 Å². The van der Waals surface area contributed by atoms with Gasteiger partial charge in [0.15, 0.2) is 5.60 Å². The molecule has 1 aromatic carbocycles. The lowest BCUT2D eigenvalue weighted by atomic mass is 9.95. The van der Waals surface area contributed by atoms with E-state index in [1.807, 2.05) is 0 Å². The first kappa shape index (κ1) is 30.8. The zero-order valence-electron chi connectivity index (χ0n) is 21.8. The van der Waals surface area contributed by atoms with Crippen LogP contribution < -0.4 is 4.90 Å². The first-order chi connectivity index (χ1) is 17.4. The van der Waals surface area contributed by atoms with Gasteiger partial charge in [-0.25, -0.2) is 8.42 Å². The van der Waals surface area contributed by atoms with Gasteiger partial charge in [-0.3, -0.25) is 0 Å². The van der Waals surface area contributed by atoms with Crippen LogP contribution in [0.1, 0.15) is 26.3 Å². The summed E-state index contributed by atoms with van der Waals surface area (Å²) in [5.74, 6) is 0. The van der Waals surface area contributed by atoms with E-state index in [1.165, 1.54) is 53.0 Å². The molecule has 214 valence electrons. The highest BCUT2D eigenvalue weighted by molar-refractivity contribution is 7.91. The molecule has 1 aliphatic heterocycles. The van der Waals surface area contributed by atoms with Gasteiger partial charge >= 0.3 is 6.18 Å². The fraction of sp³-hybridized carbons (Fsp3) is 0.565. The quantitative estimate of drug-likeness (QED) is 0.477. The van der Waals surface area contributed by atoms with Gasteiger partial charge in [-0.05, 0) is 49.9 Å². The highest BCUT2D eigenvalue weighted by Crippen LogP contribution is 2.39. The largest absolute Gasteiger partial charge is 0.421 e. The second kappa shape index (κ2) is 11.0. The molecule has 1 unspecified atom stereocenters. The van der Waals surface area contributed by atoms with E-state index >= 15 is 0 Å². The second-order valence-corrected chi connectivity index (χ2v) is 14.9. The van der Waals surface area contributed by atoms with Crippen LogP contribution in [0.3, 0.4) is 0 Å². The van der Waals surface area contributed by atoms with E-state index in [0.29, 0.717) is 12.6 Å². The lowest BCUT2D eigenvalue weighted by Gasteiger charge is -2.44. The Hall–Kier alpha value is -1.75. The number of sulfonamides is 1. The minimum Gasteiger partial charge on any atom is -0.376 e. The molecule has 0 amide bonds. The van der Waals surface area contributed by atoms with Crippen LogP contribution in [0, 0.1) is 0 Å². The van der Waals surface area contributed by atoms with Crippen molar-refractivity contribution in [3.63, 3.8) is 0 Å². The predicted molar refractivity (Wildman–Crippen MR) is 141 cm³/mol. The number of hydrogen-bond donors (Lipinski definition) is 1. The molecule has 15 heteroatoms. The third-order valence-corrected chi connectivity index (χ3v) is 11.9. The first-order valence-electron chi connectivity index (χ1n) is 11.8. The fourth-order valence-corrected chi connectivity index (χ4v) is 8.13. The first-order valence-corrected chi connectivity index (χ1v) is 15.5. The maximum absolute atomic E-state index is 13.3. The van der Waals surface area contributed by atoms with Gasteiger partial charge in [0.05, 0.1) is 6.04 Å². The summed E-state index contributed by atoms with van der Waals surface area (Å²) in [7, 11) is -4.87. The van der Waals surface area contributed by atoms with E-state index < -0.39 is 44.1 Å². The molecule has 0 bridgehead atoms. The molecule has 1 N–H and O–H groups in total. The zero-order valence-corrected chi connectivity index (χ0v) is 24.2. The Labute approximate surface area is 226 Å². The smallest absolute Gasteiger partial charge is 0.376 e. The summed E-state index contributed by atoms with van der Waals surface area (Å²) in [6.45, 7) is 4.28. The van der Waals surface area contributed by atoms with Crippen molar-refractivity contribution in [1.82, 2.24) is 12.9 Å². The Kier molecular flexibility index (Phi) is 8.93. The summed E-state index contributed by atoms with van der Waals surface area (Å²) in [5.41, 5.74) is -2.91. The number of benzene rings is 1. The summed E-state index contributed by atoms with van der Waals surface area (Å²) in [6.07, 6.45) is -4.88. The van der Waals surface area contributed by atoms with Gasteiger partial charge in [0.1, 0.15) is 4.21 Å². The van der Waals surface area contributed by atoms with Gasteiger partial charge in [-0.2, -0.15) is 34.5 Å². The van der Waals surface area contributed by atoms with Gasteiger partial charge in [0, 0.05) is 52.0 Å². The van der Waals surface area contributed by atoms with Crippen LogP contribution in [0.15, 0.2) is 46.0 Å². The molecule has 2 heterocycles. The standard InChI is InChI=1S/C23H33F3N4O5S3/c1-17(2)30(38(34,35)27(4)5)16-20-15-28(37(32,33)21-7-6-14-36-21)12-13-29(20)19-10-8-18(9-11-19)22(3,31)23(24,25)26/h6-11,14,17,20,31H,12-13,15-16H2,1-5H3/t20-,22?/m1/s1. The van der Waals surface area contributed by atoms with Crippen molar-refractivity contribution >= 4 is 37.3 Å². The van der Waals surface area contributed by atoms with Crippen LogP contribution in [0.25, 0.3) is 0 Å². The molecule has 1 aliphatic rings. The van der Waals surface area contributed by atoms with E-state index in [-0.39, 0.29) is 36.0 Å². The molecule has 2 aromatic rings. The lowest BCUT2D eigenvalue weighted by molar-refractivity contribution is -0.258. The number of hydrogen-bond acceptors (Lipinski definition) is 7. The SMILES string of the molecule is CC(C)N(C[C@H]1CN(S(=O)(=O)c2cccs2)CCN1c1ccc(C(C)(O)C(F)(F)F)cc1)S(=O)(=O)N(C)C. The van der Waals surface area contributed by atoms with Crippen molar-refractivity contribution in [3.8, 4) is 0 Å². The van der Waals surface area contributed by atoms with E-state index in [2.05, 4.69) is 0 Å². The molecule has 1 saturated heterocycles. The number of alkyl halides is 3. The molecule has 0 saturated carbocycles. The average Bonchev–Trinajstić information content (AvgIpc) is 3.37. The van der Waals surface area contributed by atoms with Gasteiger partial charge in [-0.15, -0.1) is 11.3 Å². The van der Waals surface area contributed by atoms with Crippen LogP contribution >= 0.6 is 11.3 Å². The van der Waals surface area contributed by atoms with E-state index in [9.17, 15) is 35.1 Å². The summed E-state index contributed by atoms with van der Waals surface area (Å²) in [6, 6.07) is 7.23. The molecule has 9 nitrogen and oxygen atoms in total. The van der Waals surface area contributed by atoms with Crippen LogP contribution in [-0.2, 0) is 25.8 Å².